The minimum Gasteiger partial charge on any atom is -0.358 e. The number of carbonyl (C=O) groups excluding carboxylic acids is 1. The van der Waals surface area contributed by atoms with E-state index in [4.69, 9.17) is 0 Å². The third kappa shape index (κ3) is 2.61. The van der Waals surface area contributed by atoms with Crippen LogP contribution in [-0.4, -0.2) is 57.2 Å². The van der Waals surface area contributed by atoms with Crippen molar-refractivity contribution in [3.63, 3.8) is 0 Å². The van der Waals surface area contributed by atoms with E-state index in [9.17, 15) is 4.79 Å². The summed E-state index contributed by atoms with van der Waals surface area (Å²) in [6.45, 7) is 3.54. The molecule has 0 bridgehead atoms. The Hall–Kier alpha value is -2.38. The first-order valence-corrected chi connectivity index (χ1v) is 7.13. The third-order valence-corrected chi connectivity index (χ3v) is 3.67. The molecule has 1 atom stereocenters. The van der Waals surface area contributed by atoms with Crippen LogP contribution in [0.4, 0.5) is 11.8 Å². The first kappa shape index (κ1) is 13.6. The predicted molar refractivity (Wildman–Crippen MR) is 80.1 cm³/mol. The molecular weight excluding hydrogens is 270 g/mol. The molecule has 1 amide bonds. The van der Waals surface area contributed by atoms with Crippen molar-refractivity contribution >= 4 is 28.7 Å². The second-order valence-electron chi connectivity index (χ2n) is 5.18. The molecule has 0 radical (unpaired) electrons. The first-order chi connectivity index (χ1) is 10.2. The fraction of sp³-hybridized carbons (Fsp3) is 0.538. The number of amides is 1. The van der Waals surface area contributed by atoms with E-state index in [0.29, 0.717) is 17.4 Å². The van der Waals surface area contributed by atoms with Gasteiger partial charge in [0.25, 0.3) is 0 Å². The van der Waals surface area contributed by atoms with Crippen molar-refractivity contribution in [1.29, 1.82) is 0 Å². The lowest BCUT2D eigenvalue weighted by atomic mass is 10.2. The van der Waals surface area contributed by atoms with Crippen LogP contribution in [-0.2, 0) is 4.79 Å². The van der Waals surface area contributed by atoms with E-state index >= 15 is 0 Å². The number of H-pyrrole nitrogens is 1. The van der Waals surface area contributed by atoms with E-state index in [-0.39, 0.29) is 11.9 Å². The molecule has 0 spiro atoms. The number of hydrogen-bond donors (Lipinski definition) is 3. The third-order valence-electron chi connectivity index (χ3n) is 3.67. The minimum atomic E-state index is -0.333. The largest absolute Gasteiger partial charge is 0.358 e. The van der Waals surface area contributed by atoms with E-state index < -0.39 is 0 Å². The number of nitrogens with zero attached hydrogens (tertiary/aromatic N) is 4. The Bertz CT molecular complexity index is 647. The van der Waals surface area contributed by atoms with Crippen LogP contribution in [0.2, 0.25) is 0 Å². The molecule has 1 saturated heterocycles. The summed E-state index contributed by atoms with van der Waals surface area (Å²) in [4.78, 5) is 22.9. The van der Waals surface area contributed by atoms with Gasteiger partial charge in [-0.3, -0.25) is 9.89 Å². The predicted octanol–water partition coefficient (Wildman–Crippen LogP) is 0.817. The van der Waals surface area contributed by atoms with Gasteiger partial charge < -0.3 is 15.5 Å². The standard InChI is InChI=1S/C13H19N7O/c1-8(12(21)20-5-3-4-6-20)16-10-9-7-15-19-11(9)18-13(14-2)17-10/h7-8H,3-6H2,1-2H3,(H3,14,15,16,17,18,19). The summed E-state index contributed by atoms with van der Waals surface area (Å²) < 4.78 is 0. The van der Waals surface area contributed by atoms with Crippen LogP contribution in [0.15, 0.2) is 6.20 Å². The molecule has 112 valence electrons. The maximum atomic E-state index is 12.4. The van der Waals surface area contributed by atoms with Crippen LogP contribution >= 0.6 is 0 Å². The molecule has 2 aromatic heterocycles. The number of rotatable bonds is 4. The highest BCUT2D eigenvalue weighted by Gasteiger charge is 2.24. The monoisotopic (exact) mass is 289 g/mol. The summed E-state index contributed by atoms with van der Waals surface area (Å²) in [5, 5.41) is 13.6. The van der Waals surface area contributed by atoms with Gasteiger partial charge in [-0.25, -0.2) is 0 Å². The Kier molecular flexibility index (Phi) is 3.59. The maximum Gasteiger partial charge on any atom is 0.244 e. The van der Waals surface area contributed by atoms with Crippen LogP contribution in [0.25, 0.3) is 11.0 Å². The van der Waals surface area contributed by atoms with E-state index in [2.05, 4.69) is 30.8 Å². The number of nitrogens with one attached hydrogen (secondary N) is 3. The number of fused-ring (bicyclic) bond motifs is 1. The lowest BCUT2D eigenvalue weighted by Crippen LogP contribution is -2.39. The van der Waals surface area contributed by atoms with Crippen LogP contribution in [0.1, 0.15) is 19.8 Å². The van der Waals surface area contributed by atoms with Gasteiger partial charge in [0.1, 0.15) is 11.9 Å². The van der Waals surface area contributed by atoms with Gasteiger partial charge in [0.05, 0.1) is 11.6 Å². The summed E-state index contributed by atoms with van der Waals surface area (Å²) in [5.41, 5.74) is 0.637. The molecule has 2 aromatic rings. The lowest BCUT2D eigenvalue weighted by molar-refractivity contribution is -0.130. The van der Waals surface area contributed by atoms with Gasteiger partial charge in [-0.1, -0.05) is 0 Å². The summed E-state index contributed by atoms with van der Waals surface area (Å²) in [6.07, 6.45) is 3.83. The normalized spacial score (nSPS) is 16.2. The molecular formula is C13H19N7O. The second-order valence-corrected chi connectivity index (χ2v) is 5.18. The fourth-order valence-electron chi connectivity index (χ4n) is 2.53. The number of likely N-dealkylation sites (tertiary alicyclic amines) is 1. The van der Waals surface area contributed by atoms with Gasteiger partial charge in [-0.2, -0.15) is 15.1 Å². The average molecular weight is 289 g/mol. The fourth-order valence-corrected chi connectivity index (χ4v) is 2.53. The van der Waals surface area contributed by atoms with Crippen molar-refractivity contribution in [2.24, 2.45) is 0 Å². The summed E-state index contributed by atoms with van der Waals surface area (Å²) in [6, 6.07) is -0.333. The van der Waals surface area contributed by atoms with E-state index in [0.717, 1.165) is 31.3 Å². The number of carbonyl (C=O) groups is 1. The van der Waals surface area contributed by atoms with Crippen molar-refractivity contribution in [2.75, 3.05) is 30.8 Å². The van der Waals surface area contributed by atoms with Gasteiger partial charge in [0.2, 0.25) is 11.9 Å². The van der Waals surface area contributed by atoms with Crippen molar-refractivity contribution < 1.29 is 4.79 Å². The Morgan fingerprint density at radius 1 is 1.38 bits per heavy atom. The van der Waals surface area contributed by atoms with Crippen molar-refractivity contribution in [3.8, 4) is 0 Å². The minimum absolute atomic E-state index is 0.105. The van der Waals surface area contributed by atoms with Gasteiger partial charge in [-0.15, -0.1) is 0 Å². The second kappa shape index (κ2) is 5.55. The van der Waals surface area contributed by atoms with Crippen LogP contribution in [0.3, 0.4) is 0 Å². The molecule has 0 aromatic carbocycles. The zero-order valence-electron chi connectivity index (χ0n) is 12.2. The highest BCUT2D eigenvalue weighted by Crippen LogP contribution is 2.21. The molecule has 8 heteroatoms. The Balaban J connectivity index is 1.83. The lowest BCUT2D eigenvalue weighted by Gasteiger charge is -2.21. The zero-order valence-corrected chi connectivity index (χ0v) is 12.2. The molecule has 1 unspecified atom stereocenters. The number of hydrogen-bond acceptors (Lipinski definition) is 6. The maximum absolute atomic E-state index is 12.4. The van der Waals surface area contributed by atoms with Crippen LogP contribution < -0.4 is 10.6 Å². The highest BCUT2D eigenvalue weighted by molar-refractivity contribution is 5.91. The Morgan fingerprint density at radius 2 is 2.14 bits per heavy atom. The van der Waals surface area contributed by atoms with Crippen LogP contribution in [0, 0.1) is 0 Å². The van der Waals surface area contributed by atoms with Gasteiger partial charge in [-0.05, 0) is 19.8 Å². The van der Waals surface area contributed by atoms with Crippen LogP contribution in [0.5, 0.6) is 0 Å². The number of aromatic nitrogens is 4. The summed E-state index contributed by atoms with van der Waals surface area (Å²) in [5.74, 6) is 1.20. The highest BCUT2D eigenvalue weighted by atomic mass is 16.2. The van der Waals surface area contributed by atoms with Crippen molar-refractivity contribution in [2.45, 2.75) is 25.8 Å². The Labute approximate surface area is 122 Å². The topological polar surface area (TPSA) is 98.8 Å². The number of aromatic amines is 1. The van der Waals surface area contributed by atoms with Gasteiger partial charge in [0, 0.05) is 20.1 Å². The molecule has 3 rings (SSSR count). The first-order valence-electron chi connectivity index (χ1n) is 7.13. The number of anilines is 2. The quantitative estimate of drug-likeness (QED) is 0.770. The van der Waals surface area contributed by atoms with E-state index in [1.165, 1.54) is 0 Å². The van der Waals surface area contributed by atoms with E-state index in [1.54, 1.807) is 13.2 Å². The van der Waals surface area contributed by atoms with Crippen molar-refractivity contribution in [1.82, 2.24) is 25.1 Å². The van der Waals surface area contributed by atoms with Gasteiger partial charge >= 0.3 is 0 Å². The molecule has 0 saturated carbocycles. The van der Waals surface area contributed by atoms with Crippen molar-refractivity contribution in [3.05, 3.63) is 6.20 Å². The molecule has 1 aliphatic heterocycles. The summed E-state index contributed by atoms with van der Waals surface area (Å²) >= 11 is 0. The SMILES string of the molecule is CNc1nc(NC(C)C(=O)N2CCCC2)c2cn[nH]c2n1. The zero-order chi connectivity index (χ0) is 14.8. The molecule has 8 nitrogen and oxygen atoms in total. The molecule has 21 heavy (non-hydrogen) atoms. The molecule has 1 aliphatic rings. The van der Waals surface area contributed by atoms with E-state index in [1.807, 2.05) is 11.8 Å². The smallest absolute Gasteiger partial charge is 0.244 e. The Morgan fingerprint density at radius 3 is 2.86 bits per heavy atom. The molecule has 1 fully saturated rings. The average Bonchev–Trinajstić information content (AvgIpc) is 3.17. The molecule has 0 aliphatic carbocycles. The van der Waals surface area contributed by atoms with Gasteiger partial charge in [0.15, 0.2) is 5.65 Å². The molecule has 3 N–H and O–H groups in total. The summed E-state index contributed by atoms with van der Waals surface area (Å²) in [7, 11) is 1.75. The molecule has 3 heterocycles.